The summed E-state index contributed by atoms with van der Waals surface area (Å²) in [6, 6.07) is 15.2. The second-order valence-corrected chi connectivity index (χ2v) is 8.32. The van der Waals surface area contributed by atoms with Crippen molar-refractivity contribution in [3.05, 3.63) is 98.4 Å². The van der Waals surface area contributed by atoms with Gasteiger partial charge in [-0.25, -0.2) is 4.98 Å². The number of hydrogen-bond donors (Lipinski definition) is 1. The van der Waals surface area contributed by atoms with Gasteiger partial charge >= 0.3 is 0 Å². The maximum atomic E-state index is 13.2. The second kappa shape index (κ2) is 9.49. The number of halogens is 1. The second-order valence-electron chi connectivity index (χ2n) is 7.92. The molecule has 4 aromatic rings. The van der Waals surface area contributed by atoms with E-state index in [-0.39, 0.29) is 23.4 Å². The molecule has 2 aromatic carbocycles. The van der Waals surface area contributed by atoms with E-state index in [4.69, 9.17) is 16.3 Å². The molecule has 0 spiro atoms. The van der Waals surface area contributed by atoms with Crippen molar-refractivity contribution in [3.63, 3.8) is 0 Å². The smallest absolute Gasteiger partial charge is 0.244 e. The van der Waals surface area contributed by atoms with E-state index >= 15 is 0 Å². The molecule has 4 rings (SSSR count). The predicted molar refractivity (Wildman–Crippen MR) is 132 cm³/mol. The monoisotopic (exact) mass is 475 g/mol. The summed E-state index contributed by atoms with van der Waals surface area (Å²) in [5.74, 6) is -0.295. The number of aromatic nitrogens is 2. The largest absolute Gasteiger partial charge is 0.495 e. The molecule has 172 valence electrons. The summed E-state index contributed by atoms with van der Waals surface area (Å²) in [6.45, 7) is 3.55. The number of nitrogens with one attached hydrogen (secondary N) is 1. The normalized spacial score (nSPS) is 10.8. The molecule has 8 heteroatoms. The number of amides is 1. The number of fused-ring (bicyclic) bond motifs is 1. The van der Waals surface area contributed by atoms with Gasteiger partial charge < -0.3 is 14.6 Å². The van der Waals surface area contributed by atoms with E-state index in [0.29, 0.717) is 33.4 Å². The summed E-state index contributed by atoms with van der Waals surface area (Å²) in [6.07, 6.45) is 1.40. The summed E-state index contributed by atoms with van der Waals surface area (Å²) < 4.78 is 6.65. The lowest BCUT2D eigenvalue weighted by molar-refractivity contribution is -0.116. The molecule has 0 atom stereocenters. The highest BCUT2D eigenvalue weighted by atomic mass is 35.5. The Hall–Kier alpha value is -3.97. The Bertz CT molecular complexity index is 1480. The number of carbonyl (C=O) groups excluding carboxylic acids is 2. The fraction of sp³-hybridized carbons (Fsp3) is 0.154. The zero-order chi connectivity index (χ0) is 24.4. The van der Waals surface area contributed by atoms with Crippen molar-refractivity contribution in [2.24, 2.45) is 0 Å². The summed E-state index contributed by atoms with van der Waals surface area (Å²) in [5.41, 5.74) is 2.44. The highest BCUT2D eigenvalue weighted by molar-refractivity contribution is 6.32. The van der Waals surface area contributed by atoms with E-state index < -0.39 is 11.2 Å². The molecule has 34 heavy (non-hydrogen) atoms. The third-order valence-electron chi connectivity index (χ3n) is 5.37. The van der Waals surface area contributed by atoms with Crippen molar-refractivity contribution in [1.29, 1.82) is 0 Å². The van der Waals surface area contributed by atoms with E-state index in [1.807, 2.05) is 19.1 Å². The molecule has 0 saturated heterocycles. The van der Waals surface area contributed by atoms with Gasteiger partial charge in [-0.3, -0.25) is 14.4 Å². The van der Waals surface area contributed by atoms with Gasteiger partial charge in [0.05, 0.1) is 23.1 Å². The lowest BCUT2D eigenvalue weighted by Crippen LogP contribution is -2.25. The number of rotatable bonds is 6. The molecule has 0 saturated carbocycles. The number of carbonyl (C=O) groups is 2. The van der Waals surface area contributed by atoms with Crippen LogP contribution in [-0.4, -0.2) is 28.4 Å². The van der Waals surface area contributed by atoms with Crippen molar-refractivity contribution in [1.82, 2.24) is 9.55 Å². The van der Waals surface area contributed by atoms with Crippen LogP contribution in [0.5, 0.6) is 5.75 Å². The first-order valence-corrected chi connectivity index (χ1v) is 10.9. The number of nitrogens with zero attached hydrogens (tertiary/aromatic N) is 2. The van der Waals surface area contributed by atoms with Crippen LogP contribution in [-0.2, 0) is 11.3 Å². The minimum Gasteiger partial charge on any atom is -0.495 e. The number of ether oxygens (including phenoxy) is 1. The average molecular weight is 476 g/mol. The molecule has 0 unspecified atom stereocenters. The van der Waals surface area contributed by atoms with E-state index in [1.165, 1.54) is 17.9 Å². The van der Waals surface area contributed by atoms with Gasteiger partial charge in [-0.15, -0.1) is 0 Å². The van der Waals surface area contributed by atoms with E-state index in [9.17, 15) is 14.4 Å². The highest BCUT2D eigenvalue weighted by Gasteiger charge is 2.19. The quantitative estimate of drug-likeness (QED) is 0.413. The molecule has 0 aliphatic rings. The van der Waals surface area contributed by atoms with Gasteiger partial charge in [-0.2, -0.15) is 0 Å². The number of pyridine rings is 2. The van der Waals surface area contributed by atoms with Crippen LogP contribution in [0.3, 0.4) is 0 Å². The van der Waals surface area contributed by atoms with Crippen LogP contribution in [0.15, 0.2) is 65.6 Å². The van der Waals surface area contributed by atoms with Crippen molar-refractivity contribution < 1.29 is 14.3 Å². The Labute approximate surface area is 201 Å². The standard InChI is InChI=1S/C26H22ClN3O4/c1-15-4-7-17(8-5-15)24(32)20-13-30(26-19(25(20)33)10-6-16(2)28-26)14-23(31)29-18-9-11-22(34-3)21(27)12-18/h4-13H,14H2,1-3H3,(H,29,31). The topological polar surface area (TPSA) is 90.3 Å². The SMILES string of the molecule is COc1ccc(NC(=O)Cn2cc(C(=O)c3ccc(C)cc3)c(=O)c3ccc(C)nc32)cc1Cl. The number of hydrogen-bond acceptors (Lipinski definition) is 5. The third-order valence-corrected chi connectivity index (χ3v) is 5.66. The first kappa shape index (κ1) is 23.2. The first-order chi connectivity index (χ1) is 16.3. The molecule has 0 bridgehead atoms. The minimum atomic E-state index is -0.424. The van der Waals surface area contributed by atoms with Crippen LogP contribution < -0.4 is 15.5 Å². The molecular weight excluding hydrogens is 454 g/mol. The van der Waals surface area contributed by atoms with Gasteiger partial charge in [0.2, 0.25) is 11.3 Å². The minimum absolute atomic E-state index is 0.0256. The third kappa shape index (κ3) is 4.70. The zero-order valence-electron chi connectivity index (χ0n) is 18.9. The van der Waals surface area contributed by atoms with Crippen molar-refractivity contribution in [2.45, 2.75) is 20.4 Å². The van der Waals surface area contributed by atoms with Crippen LogP contribution in [0, 0.1) is 13.8 Å². The fourth-order valence-electron chi connectivity index (χ4n) is 3.60. The average Bonchev–Trinajstić information content (AvgIpc) is 2.81. The van der Waals surface area contributed by atoms with Crippen molar-refractivity contribution in [2.75, 3.05) is 12.4 Å². The fourth-order valence-corrected chi connectivity index (χ4v) is 3.86. The summed E-state index contributed by atoms with van der Waals surface area (Å²) in [5, 5.41) is 3.40. The van der Waals surface area contributed by atoms with Gasteiger partial charge in [0, 0.05) is 23.1 Å². The molecule has 0 aliphatic carbocycles. The first-order valence-electron chi connectivity index (χ1n) is 10.5. The molecule has 0 radical (unpaired) electrons. The van der Waals surface area contributed by atoms with Gasteiger partial charge in [0.1, 0.15) is 17.9 Å². The predicted octanol–water partition coefficient (Wildman–Crippen LogP) is 4.55. The lowest BCUT2D eigenvalue weighted by atomic mass is 10.0. The summed E-state index contributed by atoms with van der Waals surface area (Å²) in [4.78, 5) is 43.6. The van der Waals surface area contributed by atoms with Crippen molar-refractivity contribution >= 4 is 40.0 Å². The van der Waals surface area contributed by atoms with E-state index in [0.717, 1.165) is 5.56 Å². The van der Waals surface area contributed by atoms with E-state index in [1.54, 1.807) is 49.4 Å². The highest BCUT2D eigenvalue weighted by Crippen LogP contribution is 2.27. The Morgan fingerprint density at radius 1 is 1.06 bits per heavy atom. The molecule has 1 N–H and O–H groups in total. The molecule has 2 aromatic heterocycles. The van der Waals surface area contributed by atoms with Gasteiger partial charge in [-0.1, -0.05) is 41.4 Å². The Balaban J connectivity index is 1.73. The Morgan fingerprint density at radius 2 is 1.79 bits per heavy atom. The van der Waals surface area contributed by atoms with Crippen LogP contribution in [0.1, 0.15) is 27.2 Å². The molecule has 0 fully saturated rings. The van der Waals surface area contributed by atoms with Gasteiger partial charge in [-0.05, 0) is 44.2 Å². The number of aryl methyl sites for hydroxylation is 2. The lowest BCUT2D eigenvalue weighted by Gasteiger charge is -2.14. The molecule has 0 aliphatic heterocycles. The maximum absolute atomic E-state index is 13.2. The summed E-state index contributed by atoms with van der Waals surface area (Å²) >= 11 is 6.15. The Morgan fingerprint density at radius 3 is 2.47 bits per heavy atom. The molecule has 2 heterocycles. The number of methoxy groups -OCH3 is 1. The number of ketones is 1. The molecular formula is C26H22ClN3O4. The number of benzene rings is 2. The van der Waals surface area contributed by atoms with Crippen LogP contribution in [0.25, 0.3) is 11.0 Å². The van der Waals surface area contributed by atoms with Gasteiger partial charge in [0.15, 0.2) is 5.78 Å². The van der Waals surface area contributed by atoms with Crippen LogP contribution in [0.2, 0.25) is 5.02 Å². The zero-order valence-corrected chi connectivity index (χ0v) is 19.6. The van der Waals surface area contributed by atoms with Crippen LogP contribution in [0.4, 0.5) is 5.69 Å². The van der Waals surface area contributed by atoms with Gasteiger partial charge in [0.25, 0.3) is 0 Å². The van der Waals surface area contributed by atoms with E-state index in [2.05, 4.69) is 10.3 Å². The summed E-state index contributed by atoms with van der Waals surface area (Å²) in [7, 11) is 1.51. The van der Waals surface area contributed by atoms with Crippen LogP contribution >= 0.6 is 11.6 Å². The number of anilines is 1. The maximum Gasteiger partial charge on any atom is 0.244 e. The van der Waals surface area contributed by atoms with Crippen molar-refractivity contribution in [3.8, 4) is 5.75 Å². The molecule has 7 nitrogen and oxygen atoms in total. The molecule has 1 amide bonds. The Kier molecular flexibility index (Phi) is 6.47.